The predicted octanol–water partition coefficient (Wildman–Crippen LogP) is 4.82. The van der Waals surface area contributed by atoms with Gasteiger partial charge >= 0.3 is 6.18 Å². The fourth-order valence-electron chi connectivity index (χ4n) is 2.72. The summed E-state index contributed by atoms with van der Waals surface area (Å²) in [6, 6.07) is 8.63. The van der Waals surface area contributed by atoms with Gasteiger partial charge in [-0.2, -0.15) is 13.2 Å². The maximum absolute atomic E-state index is 13.4. The summed E-state index contributed by atoms with van der Waals surface area (Å²) < 4.78 is 51.6. The van der Waals surface area contributed by atoms with Crippen LogP contribution in [0.15, 0.2) is 42.5 Å². The van der Waals surface area contributed by atoms with Crippen LogP contribution >= 0.6 is 0 Å². The largest absolute Gasteiger partial charge is 0.416 e. The zero-order valence-corrected chi connectivity index (χ0v) is 13.2. The summed E-state index contributed by atoms with van der Waals surface area (Å²) in [5, 5.41) is 3.03. The lowest BCUT2D eigenvalue weighted by Crippen LogP contribution is -2.15. The molecule has 2 aromatic carbocycles. The molecule has 1 aromatic heterocycles. The minimum Gasteiger partial charge on any atom is -0.358 e. The third-order valence-electron chi connectivity index (χ3n) is 3.89. The van der Waals surface area contributed by atoms with Crippen LogP contribution in [-0.2, 0) is 17.4 Å². The van der Waals surface area contributed by atoms with Gasteiger partial charge in [-0.25, -0.2) is 4.39 Å². The molecule has 0 atom stereocenters. The minimum absolute atomic E-state index is 0.0588. The van der Waals surface area contributed by atoms with Gasteiger partial charge < -0.3 is 10.3 Å². The number of nitrogens with one attached hydrogen (secondary N) is 2. The van der Waals surface area contributed by atoms with Crippen molar-refractivity contribution < 1.29 is 22.4 Å². The number of benzene rings is 2. The smallest absolute Gasteiger partial charge is 0.358 e. The molecule has 3 aromatic rings. The van der Waals surface area contributed by atoms with Gasteiger partial charge in [0.25, 0.3) is 0 Å². The van der Waals surface area contributed by atoms with E-state index in [9.17, 15) is 22.4 Å². The fourth-order valence-corrected chi connectivity index (χ4v) is 2.72. The molecular formula is C18H14F4N2O. The average molecular weight is 350 g/mol. The number of aromatic amines is 1. The Morgan fingerprint density at radius 2 is 1.92 bits per heavy atom. The highest BCUT2D eigenvalue weighted by Crippen LogP contribution is 2.31. The summed E-state index contributed by atoms with van der Waals surface area (Å²) in [6.07, 6.45) is -4.56. The van der Waals surface area contributed by atoms with E-state index in [-0.39, 0.29) is 12.1 Å². The van der Waals surface area contributed by atoms with E-state index in [1.807, 2.05) is 0 Å². The number of aryl methyl sites for hydroxylation is 1. The molecule has 7 heteroatoms. The molecule has 25 heavy (non-hydrogen) atoms. The molecule has 0 saturated heterocycles. The summed E-state index contributed by atoms with van der Waals surface area (Å²) in [5.41, 5.74) is 1.23. The number of alkyl halides is 3. The topological polar surface area (TPSA) is 44.9 Å². The van der Waals surface area contributed by atoms with E-state index >= 15 is 0 Å². The molecule has 0 unspecified atom stereocenters. The molecule has 2 N–H and O–H groups in total. The molecule has 0 aliphatic heterocycles. The number of fused-ring (bicyclic) bond motifs is 1. The van der Waals surface area contributed by atoms with Crippen molar-refractivity contribution in [3.63, 3.8) is 0 Å². The highest BCUT2D eigenvalue weighted by molar-refractivity contribution is 5.96. The lowest BCUT2D eigenvalue weighted by atomic mass is 10.1. The second-order valence-electron chi connectivity index (χ2n) is 5.72. The average Bonchev–Trinajstić information content (AvgIpc) is 2.82. The van der Waals surface area contributed by atoms with E-state index in [0.29, 0.717) is 22.2 Å². The van der Waals surface area contributed by atoms with Crippen molar-refractivity contribution in [1.82, 2.24) is 4.98 Å². The molecule has 0 saturated carbocycles. The second-order valence-corrected chi connectivity index (χ2v) is 5.72. The Hall–Kier alpha value is -2.83. The first-order valence-electron chi connectivity index (χ1n) is 7.48. The van der Waals surface area contributed by atoms with Crippen LogP contribution in [0.3, 0.4) is 0 Å². The number of carbonyl (C=O) groups is 1. The molecule has 3 rings (SSSR count). The van der Waals surface area contributed by atoms with Gasteiger partial charge in [-0.15, -0.1) is 0 Å². The Morgan fingerprint density at radius 1 is 1.16 bits per heavy atom. The van der Waals surface area contributed by atoms with Gasteiger partial charge in [0.05, 0.1) is 12.0 Å². The predicted molar refractivity (Wildman–Crippen MR) is 86.8 cm³/mol. The van der Waals surface area contributed by atoms with E-state index in [1.54, 1.807) is 13.0 Å². The van der Waals surface area contributed by atoms with E-state index in [4.69, 9.17) is 0 Å². The van der Waals surface area contributed by atoms with Crippen molar-refractivity contribution in [3.05, 3.63) is 65.1 Å². The molecule has 1 heterocycles. The number of hydrogen-bond donors (Lipinski definition) is 2. The first kappa shape index (κ1) is 17.0. The zero-order valence-electron chi connectivity index (χ0n) is 13.2. The lowest BCUT2D eigenvalue weighted by molar-refractivity contribution is -0.137. The number of anilines is 1. The Labute approximate surface area is 140 Å². The number of rotatable bonds is 3. The van der Waals surface area contributed by atoms with E-state index < -0.39 is 23.5 Å². The molecule has 0 radical (unpaired) electrons. The van der Waals surface area contributed by atoms with Crippen LogP contribution in [0.4, 0.5) is 23.2 Å². The number of carbonyl (C=O) groups excluding carboxylic acids is 1. The highest BCUT2D eigenvalue weighted by atomic mass is 19.4. The van der Waals surface area contributed by atoms with Gasteiger partial charge in [0.15, 0.2) is 0 Å². The minimum atomic E-state index is -4.48. The number of hydrogen-bond acceptors (Lipinski definition) is 1. The molecule has 0 aliphatic carbocycles. The summed E-state index contributed by atoms with van der Waals surface area (Å²) in [6.45, 7) is 1.75. The second kappa shape index (κ2) is 6.23. The standard InChI is InChI=1S/C18H14F4N2O/c1-10-14(15-8-12(19)5-6-16(15)23-10)9-17(25)24-13-4-2-3-11(7-13)18(20,21)22/h2-8,23H,9H2,1H3,(H,24,25). The highest BCUT2D eigenvalue weighted by Gasteiger charge is 2.30. The molecule has 3 nitrogen and oxygen atoms in total. The van der Waals surface area contributed by atoms with Crippen molar-refractivity contribution >= 4 is 22.5 Å². The maximum Gasteiger partial charge on any atom is 0.416 e. The lowest BCUT2D eigenvalue weighted by Gasteiger charge is -2.10. The number of aromatic nitrogens is 1. The van der Waals surface area contributed by atoms with Gasteiger partial charge in [0.2, 0.25) is 5.91 Å². The van der Waals surface area contributed by atoms with E-state index in [2.05, 4.69) is 10.3 Å². The van der Waals surface area contributed by atoms with Crippen molar-refractivity contribution in [2.45, 2.75) is 19.5 Å². The summed E-state index contributed by atoms with van der Waals surface area (Å²) in [5.74, 6) is -0.904. The van der Waals surface area contributed by atoms with Crippen molar-refractivity contribution in [1.29, 1.82) is 0 Å². The normalized spacial score (nSPS) is 11.7. The summed E-state index contributed by atoms with van der Waals surface area (Å²) >= 11 is 0. The quantitative estimate of drug-likeness (QED) is 0.654. The SMILES string of the molecule is Cc1[nH]c2ccc(F)cc2c1CC(=O)Nc1cccc(C(F)(F)F)c1. The van der Waals surface area contributed by atoms with Crippen LogP contribution in [0, 0.1) is 12.7 Å². The van der Waals surface area contributed by atoms with Crippen LogP contribution in [-0.4, -0.2) is 10.9 Å². The van der Waals surface area contributed by atoms with E-state index in [1.165, 1.54) is 24.3 Å². The van der Waals surface area contributed by atoms with Gasteiger partial charge in [-0.05, 0) is 48.9 Å². The third-order valence-corrected chi connectivity index (χ3v) is 3.89. The maximum atomic E-state index is 13.4. The zero-order chi connectivity index (χ0) is 18.2. The Bertz CT molecular complexity index is 944. The molecule has 0 bridgehead atoms. The van der Waals surface area contributed by atoms with Gasteiger partial charge in [0, 0.05) is 22.3 Å². The van der Waals surface area contributed by atoms with Crippen LogP contribution in [0.2, 0.25) is 0 Å². The summed E-state index contributed by atoms with van der Waals surface area (Å²) in [4.78, 5) is 15.3. The van der Waals surface area contributed by atoms with Crippen molar-refractivity contribution in [3.8, 4) is 0 Å². The van der Waals surface area contributed by atoms with E-state index in [0.717, 1.165) is 12.1 Å². The fraction of sp³-hybridized carbons (Fsp3) is 0.167. The Morgan fingerprint density at radius 3 is 2.64 bits per heavy atom. The number of halogens is 4. The Balaban J connectivity index is 1.82. The molecule has 0 fully saturated rings. The van der Waals surface area contributed by atoms with Crippen molar-refractivity contribution in [2.24, 2.45) is 0 Å². The van der Waals surface area contributed by atoms with Crippen LogP contribution in [0.25, 0.3) is 10.9 Å². The first-order chi connectivity index (χ1) is 11.7. The van der Waals surface area contributed by atoms with Crippen LogP contribution < -0.4 is 5.32 Å². The molecule has 1 amide bonds. The molecule has 130 valence electrons. The third kappa shape index (κ3) is 3.65. The number of amides is 1. The summed E-state index contributed by atoms with van der Waals surface area (Å²) in [7, 11) is 0. The number of H-pyrrole nitrogens is 1. The molecule has 0 spiro atoms. The Kier molecular flexibility index (Phi) is 4.24. The monoisotopic (exact) mass is 350 g/mol. The molecule has 0 aliphatic rings. The van der Waals surface area contributed by atoms with Crippen molar-refractivity contribution in [2.75, 3.05) is 5.32 Å². The van der Waals surface area contributed by atoms with Gasteiger partial charge in [-0.3, -0.25) is 4.79 Å². The van der Waals surface area contributed by atoms with Crippen LogP contribution in [0.1, 0.15) is 16.8 Å². The first-order valence-corrected chi connectivity index (χ1v) is 7.48. The van der Waals surface area contributed by atoms with Gasteiger partial charge in [-0.1, -0.05) is 6.07 Å². The van der Waals surface area contributed by atoms with Crippen LogP contribution in [0.5, 0.6) is 0 Å². The molecular weight excluding hydrogens is 336 g/mol. The van der Waals surface area contributed by atoms with Gasteiger partial charge in [0.1, 0.15) is 5.82 Å².